The van der Waals surface area contributed by atoms with Gasteiger partial charge in [0.2, 0.25) is 0 Å². The number of hydrogen-bond donors (Lipinski definition) is 1. The second kappa shape index (κ2) is 3.98. The largest absolute Gasteiger partial charge is 0.369 e. The van der Waals surface area contributed by atoms with Gasteiger partial charge in [0, 0.05) is 10.9 Å². The average Bonchev–Trinajstić information content (AvgIpc) is 2.60. The Labute approximate surface area is 105 Å². The summed E-state index contributed by atoms with van der Waals surface area (Å²) in [6.07, 6.45) is 3.15. The molecule has 3 heterocycles. The number of fused-ring (bicyclic) bond motifs is 2. The number of hydrogen-bond acceptors (Lipinski definition) is 3. The van der Waals surface area contributed by atoms with E-state index in [-0.39, 0.29) is 5.60 Å². The standard InChI is InChI=1S/C12H16ClNOS/c1-8-7-12(3-4-14-8)11-9(2-5-15-12)6-10(13)16-11/h6,8,14H,2-5,7H2,1H3/t8-,12?/m0/s1. The first kappa shape index (κ1) is 11.0. The van der Waals surface area contributed by atoms with Crippen LogP contribution < -0.4 is 5.32 Å². The summed E-state index contributed by atoms with van der Waals surface area (Å²) in [6, 6.07) is 2.65. The van der Waals surface area contributed by atoms with E-state index in [9.17, 15) is 0 Å². The molecule has 88 valence electrons. The maximum absolute atomic E-state index is 6.14. The van der Waals surface area contributed by atoms with Crippen LogP contribution in [0.15, 0.2) is 6.07 Å². The highest BCUT2D eigenvalue weighted by molar-refractivity contribution is 7.16. The molecule has 1 aromatic rings. The van der Waals surface area contributed by atoms with Crippen molar-refractivity contribution in [2.45, 2.75) is 37.8 Å². The van der Waals surface area contributed by atoms with Gasteiger partial charge in [0.05, 0.1) is 10.9 Å². The molecule has 1 N–H and O–H groups in total. The van der Waals surface area contributed by atoms with Crippen LogP contribution in [0.4, 0.5) is 0 Å². The Morgan fingerprint density at radius 3 is 3.31 bits per heavy atom. The van der Waals surface area contributed by atoms with E-state index in [4.69, 9.17) is 16.3 Å². The molecule has 1 fully saturated rings. The fourth-order valence-electron chi connectivity index (χ4n) is 2.91. The van der Waals surface area contributed by atoms with E-state index in [2.05, 4.69) is 18.3 Å². The smallest absolute Gasteiger partial charge is 0.105 e. The molecule has 1 saturated heterocycles. The minimum atomic E-state index is -0.0456. The number of thiophene rings is 1. The molecule has 0 bridgehead atoms. The Kier molecular flexibility index (Phi) is 2.75. The van der Waals surface area contributed by atoms with E-state index >= 15 is 0 Å². The van der Waals surface area contributed by atoms with Gasteiger partial charge in [0.1, 0.15) is 5.60 Å². The maximum Gasteiger partial charge on any atom is 0.105 e. The van der Waals surface area contributed by atoms with Crippen LogP contribution in [0.5, 0.6) is 0 Å². The van der Waals surface area contributed by atoms with Gasteiger partial charge in [-0.1, -0.05) is 11.6 Å². The maximum atomic E-state index is 6.14. The van der Waals surface area contributed by atoms with Crippen molar-refractivity contribution in [1.82, 2.24) is 5.32 Å². The van der Waals surface area contributed by atoms with Gasteiger partial charge in [0.25, 0.3) is 0 Å². The fourth-order valence-corrected chi connectivity index (χ4v) is 4.40. The second-order valence-corrected chi connectivity index (χ2v) is 6.49. The van der Waals surface area contributed by atoms with Crippen LogP contribution in [-0.2, 0) is 16.8 Å². The lowest BCUT2D eigenvalue weighted by molar-refractivity contribution is -0.0848. The summed E-state index contributed by atoms with van der Waals surface area (Å²) in [6.45, 7) is 4.11. The van der Waals surface area contributed by atoms with Gasteiger partial charge in [0.15, 0.2) is 0 Å². The van der Waals surface area contributed by atoms with Gasteiger partial charge < -0.3 is 10.1 Å². The van der Waals surface area contributed by atoms with E-state index in [1.54, 1.807) is 11.3 Å². The summed E-state index contributed by atoms with van der Waals surface area (Å²) in [5.41, 5.74) is 1.37. The highest BCUT2D eigenvalue weighted by atomic mass is 35.5. The van der Waals surface area contributed by atoms with Gasteiger partial charge in [-0.3, -0.25) is 0 Å². The lowest BCUT2D eigenvalue weighted by atomic mass is 9.83. The quantitative estimate of drug-likeness (QED) is 0.772. The Morgan fingerprint density at radius 2 is 2.50 bits per heavy atom. The van der Waals surface area contributed by atoms with E-state index < -0.39 is 0 Å². The van der Waals surface area contributed by atoms with Crippen molar-refractivity contribution in [3.63, 3.8) is 0 Å². The van der Waals surface area contributed by atoms with Gasteiger partial charge in [-0.2, -0.15) is 0 Å². The van der Waals surface area contributed by atoms with E-state index in [0.29, 0.717) is 6.04 Å². The van der Waals surface area contributed by atoms with Crippen molar-refractivity contribution in [2.75, 3.05) is 13.2 Å². The molecule has 0 amide bonds. The number of halogens is 1. The van der Waals surface area contributed by atoms with Crippen LogP contribution >= 0.6 is 22.9 Å². The normalized spacial score (nSPS) is 34.0. The minimum Gasteiger partial charge on any atom is -0.369 e. The van der Waals surface area contributed by atoms with E-state index in [1.165, 1.54) is 10.4 Å². The molecule has 0 aromatic carbocycles. The summed E-state index contributed by atoms with van der Waals surface area (Å²) < 4.78 is 7.03. The molecule has 3 rings (SSSR count). The SMILES string of the molecule is C[C@H]1CC2(CCN1)OCCc1cc(Cl)sc12. The molecule has 0 saturated carbocycles. The minimum absolute atomic E-state index is 0.0456. The lowest BCUT2D eigenvalue weighted by Crippen LogP contribution is -2.48. The van der Waals surface area contributed by atoms with E-state index in [0.717, 1.165) is 36.8 Å². The highest BCUT2D eigenvalue weighted by Crippen LogP contribution is 2.46. The van der Waals surface area contributed by atoms with Crippen molar-refractivity contribution in [2.24, 2.45) is 0 Å². The zero-order chi connectivity index (χ0) is 11.2. The molecule has 0 aliphatic carbocycles. The number of rotatable bonds is 0. The molecular weight excluding hydrogens is 242 g/mol. The average molecular weight is 258 g/mol. The Morgan fingerprint density at radius 1 is 1.62 bits per heavy atom. The summed E-state index contributed by atoms with van der Waals surface area (Å²) >= 11 is 7.85. The highest BCUT2D eigenvalue weighted by Gasteiger charge is 2.42. The molecule has 1 aromatic heterocycles. The molecular formula is C12H16ClNOS. The van der Waals surface area contributed by atoms with Crippen LogP contribution in [-0.4, -0.2) is 19.2 Å². The molecule has 2 aliphatic heterocycles. The summed E-state index contributed by atoms with van der Waals surface area (Å²) in [5.74, 6) is 0. The van der Waals surface area contributed by atoms with Crippen molar-refractivity contribution in [1.29, 1.82) is 0 Å². The van der Waals surface area contributed by atoms with Crippen LogP contribution in [0.3, 0.4) is 0 Å². The molecule has 1 unspecified atom stereocenters. The fraction of sp³-hybridized carbons (Fsp3) is 0.667. The second-order valence-electron chi connectivity index (χ2n) is 4.81. The van der Waals surface area contributed by atoms with Gasteiger partial charge in [-0.05, 0) is 44.4 Å². The van der Waals surface area contributed by atoms with Crippen molar-refractivity contribution in [3.05, 3.63) is 20.8 Å². The Balaban J connectivity index is 2.02. The molecule has 1 spiro atoms. The molecule has 2 atom stereocenters. The third kappa shape index (κ3) is 1.70. The third-order valence-electron chi connectivity index (χ3n) is 3.60. The van der Waals surface area contributed by atoms with Crippen molar-refractivity contribution in [3.8, 4) is 0 Å². The number of nitrogens with one attached hydrogen (secondary N) is 1. The first-order valence-corrected chi connectivity index (χ1v) is 7.05. The Bertz CT molecular complexity index is 406. The van der Waals surface area contributed by atoms with Crippen molar-refractivity contribution < 1.29 is 4.74 Å². The van der Waals surface area contributed by atoms with Crippen molar-refractivity contribution >= 4 is 22.9 Å². The summed E-state index contributed by atoms with van der Waals surface area (Å²) in [5, 5.41) is 3.48. The monoisotopic (exact) mass is 257 g/mol. The van der Waals surface area contributed by atoms with E-state index in [1.807, 2.05) is 0 Å². The first-order chi connectivity index (χ1) is 7.70. The van der Waals surface area contributed by atoms with Crippen LogP contribution in [0.2, 0.25) is 4.34 Å². The predicted octanol–water partition coefficient (Wildman–Crippen LogP) is 2.94. The number of ether oxygens (including phenoxy) is 1. The zero-order valence-corrected chi connectivity index (χ0v) is 11.0. The zero-order valence-electron chi connectivity index (χ0n) is 9.38. The molecule has 0 radical (unpaired) electrons. The lowest BCUT2D eigenvalue weighted by Gasteiger charge is -2.42. The van der Waals surface area contributed by atoms with Crippen LogP contribution in [0, 0.1) is 0 Å². The number of piperidine rings is 1. The molecule has 2 aliphatic rings. The predicted molar refractivity (Wildman–Crippen MR) is 67.4 cm³/mol. The van der Waals surface area contributed by atoms with Crippen LogP contribution in [0.25, 0.3) is 0 Å². The molecule has 16 heavy (non-hydrogen) atoms. The third-order valence-corrected chi connectivity index (χ3v) is 5.09. The molecule has 2 nitrogen and oxygen atoms in total. The van der Waals surface area contributed by atoms with Gasteiger partial charge in [-0.15, -0.1) is 11.3 Å². The summed E-state index contributed by atoms with van der Waals surface area (Å²) in [7, 11) is 0. The summed E-state index contributed by atoms with van der Waals surface area (Å²) in [4.78, 5) is 1.39. The van der Waals surface area contributed by atoms with Gasteiger partial charge >= 0.3 is 0 Å². The first-order valence-electron chi connectivity index (χ1n) is 5.86. The molecule has 4 heteroatoms. The Hall–Kier alpha value is -0.0900. The van der Waals surface area contributed by atoms with Crippen LogP contribution in [0.1, 0.15) is 30.2 Å². The van der Waals surface area contributed by atoms with Gasteiger partial charge in [-0.25, -0.2) is 0 Å². The topological polar surface area (TPSA) is 21.3 Å².